The Labute approximate surface area is 126 Å². The number of rotatable bonds is 5. The number of fused-ring (bicyclic) bond motifs is 2. The average Bonchev–Trinajstić information content (AvgIpc) is 3.08. The first-order valence-corrected chi connectivity index (χ1v) is 8.01. The Hall–Kier alpha value is -1.58. The summed E-state index contributed by atoms with van der Waals surface area (Å²) in [5.74, 6) is 3.48. The van der Waals surface area contributed by atoms with Crippen LogP contribution in [0.4, 0.5) is 5.82 Å². The van der Waals surface area contributed by atoms with Crippen LogP contribution in [0.1, 0.15) is 37.7 Å². The number of aromatic nitrogens is 1. The van der Waals surface area contributed by atoms with Gasteiger partial charge in [0.2, 0.25) is 5.91 Å². The summed E-state index contributed by atoms with van der Waals surface area (Å²) in [5.41, 5.74) is 1.07. The highest BCUT2D eigenvalue weighted by Gasteiger charge is 2.39. The van der Waals surface area contributed by atoms with Crippen LogP contribution in [0.5, 0.6) is 0 Å². The largest absolute Gasteiger partial charge is 0.362 e. The van der Waals surface area contributed by atoms with E-state index in [9.17, 15) is 4.79 Å². The molecule has 114 valence electrons. The first-order valence-electron chi connectivity index (χ1n) is 8.01. The molecule has 3 atom stereocenters. The van der Waals surface area contributed by atoms with Gasteiger partial charge in [-0.2, -0.15) is 0 Å². The summed E-state index contributed by atoms with van der Waals surface area (Å²) >= 11 is 0. The molecule has 3 unspecified atom stereocenters. The zero-order chi connectivity index (χ0) is 14.8. The molecule has 1 N–H and O–H groups in total. The molecule has 1 aromatic heterocycles. The molecule has 4 nitrogen and oxygen atoms in total. The van der Waals surface area contributed by atoms with Crippen LogP contribution in [0, 0.1) is 17.8 Å². The van der Waals surface area contributed by atoms with Gasteiger partial charge < -0.3 is 10.2 Å². The number of nitrogens with one attached hydrogen (secondary N) is 1. The Bertz CT molecular complexity index is 515. The molecule has 4 heteroatoms. The maximum absolute atomic E-state index is 12.2. The molecular weight excluding hydrogens is 262 g/mol. The fourth-order valence-electron chi connectivity index (χ4n) is 4.10. The van der Waals surface area contributed by atoms with Crippen LogP contribution in [-0.4, -0.2) is 25.0 Å². The van der Waals surface area contributed by atoms with Gasteiger partial charge in [-0.25, -0.2) is 4.98 Å². The molecule has 2 aliphatic carbocycles. The second-order valence-electron chi connectivity index (χ2n) is 6.80. The SMILES string of the molecule is CN(C)c1ncccc1CNC(=O)CC1CC2CCC1C2. The van der Waals surface area contributed by atoms with Crippen molar-refractivity contribution in [1.29, 1.82) is 0 Å². The Morgan fingerprint density at radius 1 is 1.38 bits per heavy atom. The zero-order valence-corrected chi connectivity index (χ0v) is 13.0. The molecule has 21 heavy (non-hydrogen) atoms. The summed E-state index contributed by atoms with van der Waals surface area (Å²) in [7, 11) is 3.95. The highest BCUT2D eigenvalue weighted by atomic mass is 16.1. The highest BCUT2D eigenvalue weighted by molar-refractivity contribution is 5.76. The number of anilines is 1. The van der Waals surface area contributed by atoms with Crippen LogP contribution in [0.25, 0.3) is 0 Å². The molecule has 0 spiro atoms. The van der Waals surface area contributed by atoms with Crippen LogP contribution >= 0.6 is 0 Å². The number of nitrogens with zero attached hydrogens (tertiary/aromatic N) is 2. The van der Waals surface area contributed by atoms with Crippen molar-refractivity contribution in [3.8, 4) is 0 Å². The van der Waals surface area contributed by atoms with Gasteiger partial charge in [0.1, 0.15) is 5.82 Å². The van der Waals surface area contributed by atoms with Crippen LogP contribution in [-0.2, 0) is 11.3 Å². The first kappa shape index (κ1) is 14.4. The third kappa shape index (κ3) is 3.20. The van der Waals surface area contributed by atoms with Crippen LogP contribution < -0.4 is 10.2 Å². The summed E-state index contributed by atoms with van der Waals surface area (Å²) in [5, 5.41) is 3.07. The van der Waals surface area contributed by atoms with E-state index >= 15 is 0 Å². The Balaban J connectivity index is 1.52. The van der Waals surface area contributed by atoms with Crippen molar-refractivity contribution >= 4 is 11.7 Å². The molecule has 0 saturated heterocycles. The van der Waals surface area contributed by atoms with E-state index < -0.39 is 0 Å². The van der Waals surface area contributed by atoms with E-state index in [1.54, 1.807) is 6.20 Å². The topological polar surface area (TPSA) is 45.2 Å². The van der Waals surface area contributed by atoms with E-state index in [1.807, 2.05) is 31.1 Å². The number of carbonyl (C=O) groups is 1. The zero-order valence-electron chi connectivity index (χ0n) is 13.0. The van der Waals surface area contributed by atoms with Gasteiger partial charge in [-0.15, -0.1) is 0 Å². The molecule has 1 aromatic rings. The van der Waals surface area contributed by atoms with E-state index in [0.29, 0.717) is 18.9 Å². The summed E-state index contributed by atoms with van der Waals surface area (Å²) < 4.78 is 0. The van der Waals surface area contributed by atoms with Crippen molar-refractivity contribution in [3.63, 3.8) is 0 Å². The molecule has 0 radical (unpaired) electrons. The Morgan fingerprint density at radius 2 is 2.24 bits per heavy atom. The van der Waals surface area contributed by atoms with E-state index in [2.05, 4.69) is 10.3 Å². The van der Waals surface area contributed by atoms with Crippen LogP contribution in [0.2, 0.25) is 0 Å². The van der Waals surface area contributed by atoms with Gasteiger partial charge >= 0.3 is 0 Å². The van der Waals surface area contributed by atoms with Crippen molar-refractivity contribution in [1.82, 2.24) is 10.3 Å². The number of hydrogen-bond acceptors (Lipinski definition) is 3. The van der Waals surface area contributed by atoms with Crippen LogP contribution in [0.3, 0.4) is 0 Å². The lowest BCUT2D eigenvalue weighted by molar-refractivity contribution is -0.122. The van der Waals surface area contributed by atoms with Crippen molar-refractivity contribution in [2.45, 2.75) is 38.6 Å². The van der Waals surface area contributed by atoms with Crippen molar-refractivity contribution < 1.29 is 4.79 Å². The van der Waals surface area contributed by atoms with Gasteiger partial charge in [-0.05, 0) is 43.1 Å². The summed E-state index contributed by atoms with van der Waals surface area (Å²) in [4.78, 5) is 18.5. The van der Waals surface area contributed by atoms with Crippen LogP contribution in [0.15, 0.2) is 18.3 Å². The lowest BCUT2D eigenvalue weighted by atomic mass is 9.86. The minimum atomic E-state index is 0.195. The average molecular weight is 287 g/mol. The van der Waals surface area contributed by atoms with E-state index in [4.69, 9.17) is 0 Å². The first-order chi connectivity index (χ1) is 10.1. The Morgan fingerprint density at radius 3 is 2.90 bits per heavy atom. The maximum atomic E-state index is 12.2. The monoisotopic (exact) mass is 287 g/mol. The fourth-order valence-corrected chi connectivity index (χ4v) is 4.10. The van der Waals surface area contributed by atoms with Crippen molar-refractivity contribution in [2.24, 2.45) is 17.8 Å². The highest BCUT2D eigenvalue weighted by Crippen LogP contribution is 2.49. The lowest BCUT2D eigenvalue weighted by Crippen LogP contribution is -2.27. The predicted octanol–water partition coefficient (Wildman–Crippen LogP) is 2.59. The summed E-state index contributed by atoms with van der Waals surface area (Å²) in [6.07, 6.45) is 7.87. The van der Waals surface area contributed by atoms with Gasteiger partial charge in [-0.3, -0.25) is 4.79 Å². The fraction of sp³-hybridized carbons (Fsp3) is 0.647. The number of hydrogen-bond donors (Lipinski definition) is 1. The standard InChI is InChI=1S/C17H25N3O/c1-20(2)17-14(4-3-7-18-17)11-19-16(21)10-15-9-12-5-6-13(15)8-12/h3-4,7,12-13,15H,5-6,8-11H2,1-2H3,(H,19,21). The smallest absolute Gasteiger partial charge is 0.220 e. The summed E-state index contributed by atoms with van der Waals surface area (Å²) in [6.45, 7) is 0.570. The number of amides is 1. The van der Waals surface area contributed by atoms with E-state index in [0.717, 1.165) is 23.2 Å². The van der Waals surface area contributed by atoms with E-state index in [-0.39, 0.29) is 5.91 Å². The summed E-state index contributed by atoms with van der Waals surface area (Å²) in [6, 6.07) is 3.95. The minimum Gasteiger partial charge on any atom is -0.362 e. The molecule has 2 fully saturated rings. The lowest BCUT2D eigenvalue weighted by Gasteiger charge is -2.21. The second kappa shape index (κ2) is 6.04. The molecule has 2 aliphatic rings. The maximum Gasteiger partial charge on any atom is 0.220 e. The molecular formula is C17H25N3O. The molecule has 1 amide bonds. The third-order valence-corrected chi connectivity index (χ3v) is 5.10. The normalized spacial score (nSPS) is 26.9. The number of pyridine rings is 1. The van der Waals surface area contributed by atoms with E-state index in [1.165, 1.54) is 25.7 Å². The molecule has 0 aliphatic heterocycles. The molecule has 1 heterocycles. The van der Waals surface area contributed by atoms with Crippen molar-refractivity contribution in [2.75, 3.05) is 19.0 Å². The quantitative estimate of drug-likeness (QED) is 0.905. The number of carbonyl (C=O) groups excluding carboxylic acids is 1. The predicted molar refractivity (Wildman–Crippen MR) is 84.0 cm³/mol. The van der Waals surface area contributed by atoms with Gasteiger partial charge in [-0.1, -0.05) is 12.5 Å². The Kier molecular flexibility index (Phi) is 4.13. The van der Waals surface area contributed by atoms with Gasteiger partial charge in [0.05, 0.1) is 0 Å². The van der Waals surface area contributed by atoms with Gasteiger partial charge in [0.25, 0.3) is 0 Å². The van der Waals surface area contributed by atoms with Gasteiger partial charge in [0, 0.05) is 38.8 Å². The second-order valence-corrected chi connectivity index (χ2v) is 6.80. The molecule has 0 aromatic carbocycles. The van der Waals surface area contributed by atoms with Gasteiger partial charge in [0.15, 0.2) is 0 Å². The molecule has 2 saturated carbocycles. The minimum absolute atomic E-state index is 0.195. The van der Waals surface area contributed by atoms with Crippen molar-refractivity contribution in [3.05, 3.63) is 23.9 Å². The molecule has 2 bridgehead atoms. The molecule has 3 rings (SSSR count). The third-order valence-electron chi connectivity index (χ3n) is 5.10.